The first kappa shape index (κ1) is 14.0. The molecule has 4 nitrogen and oxygen atoms in total. The molecule has 1 N–H and O–H groups in total. The van der Waals surface area contributed by atoms with Gasteiger partial charge in [0, 0.05) is 30.8 Å². The molecule has 1 amide bonds. The number of carbonyl (C=O) groups excluding carboxylic acids is 1. The van der Waals surface area contributed by atoms with Crippen molar-refractivity contribution >= 4 is 16.8 Å². The number of rotatable bonds is 4. The molecule has 1 aromatic carbocycles. The molecule has 1 aromatic heterocycles. The van der Waals surface area contributed by atoms with Crippen LogP contribution in [-0.4, -0.2) is 40.1 Å². The summed E-state index contributed by atoms with van der Waals surface area (Å²) in [7, 11) is 0. The summed E-state index contributed by atoms with van der Waals surface area (Å²) < 4.78 is 0. The van der Waals surface area contributed by atoms with Gasteiger partial charge in [0.25, 0.3) is 5.91 Å². The Morgan fingerprint density at radius 3 is 3.05 bits per heavy atom. The van der Waals surface area contributed by atoms with Gasteiger partial charge >= 0.3 is 0 Å². The van der Waals surface area contributed by atoms with E-state index in [1.807, 2.05) is 35.2 Å². The Hall–Kier alpha value is -1.94. The van der Waals surface area contributed by atoms with Gasteiger partial charge in [0.1, 0.15) is 0 Å². The minimum atomic E-state index is 0.0917. The van der Waals surface area contributed by atoms with Crippen molar-refractivity contribution in [2.24, 2.45) is 0 Å². The Labute approximate surface area is 124 Å². The van der Waals surface area contributed by atoms with Gasteiger partial charge in [0.05, 0.1) is 11.1 Å². The van der Waals surface area contributed by atoms with Crippen LogP contribution in [0.25, 0.3) is 10.9 Å². The number of nitrogens with zero attached hydrogens (tertiary/aromatic N) is 2. The van der Waals surface area contributed by atoms with Gasteiger partial charge in [-0.1, -0.05) is 18.2 Å². The number of para-hydroxylation sites is 1. The van der Waals surface area contributed by atoms with Crippen LogP contribution in [0.1, 0.15) is 36.0 Å². The van der Waals surface area contributed by atoms with Crippen LogP contribution >= 0.6 is 0 Å². The smallest absolute Gasteiger partial charge is 0.254 e. The monoisotopic (exact) mass is 284 g/mol. The fraction of sp³-hybridized carbons (Fsp3) is 0.412. The van der Waals surface area contributed by atoms with E-state index in [-0.39, 0.29) is 18.6 Å². The molecule has 1 unspecified atom stereocenters. The highest BCUT2D eigenvalue weighted by Gasteiger charge is 2.29. The van der Waals surface area contributed by atoms with E-state index in [0.717, 1.165) is 48.7 Å². The number of hydrogen-bond donors (Lipinski definition) is 1. The SMILES string of the molecule is O=C(c1ccnc2ccccc12)N1CCCC1CCCO. The first-order chi connectivity index (χ1) is 10.3. The van der Waals surface area contributed by atoms with Crippen LogP contribution in [0.3, 0.4) is 0 Å². The summed E-state index contributed by atoms with van der Waals surface area (Å²) in [5.41, 5.74) is 1.59. The molecule has 21 heavy (non-hydrogen) atoms. The third-order valence-electron chi connectivity index (χ3n) is 4.21. The van der Waals surface area contributed by atoms with E-state index in [1.54, 1.807) is 6.20 Å². The number of carbonyl (C=O) groups is 1. The van der Waals surface area contributed by atoms with Crippen molar-refractivity contribution in [3.8, 4) is 0 Å². The van der Waals surface area contributed by atoms with Crippen molar-refractivity contribution < 1.29 is 9.90 Å². The highest BCUT2D eigenvalue weighted by Crippen LogP contribution is 2.26. The van der Waals surface area contributed by atoms with E-state index >= 15 is 0 Å². The van der Waals surface area contributed by atoms with Crippen molar-refractivity contribution in [2.45, 2.75) is 31.7 Å². The van der Waals surface area contributed by atoms with Crippen molar-refractivity contribution in [3.05, 3.63) is 42.1 Å². The van der Waals surface area contributed by atoms with Crippen LogP contribution in [0.4, 0.5) is 0 Å². The molecule has 1 atom stereocenters. The summed E-state index contributed by atoms with van der Waals surface area (Å²) in [5.74, 6) is 0.0917. The summed E-state index contributed by atoms with van der Waals surface area (Å²) >= 11 is 0. The number of pyridine rings is 1. The standard InChI is InChI=1S/C17H20N2O2/c20-12-4-6-13-5-3-11-19(13)17(21)15-9-10-18-16-8-2-1-7-14(15)16/h1-2,7-10,13,20H,3-6,11-12H2. The number of hydrogen-bond acceptors (Lipinski definition) is 3. The molecular weight excluding hydrogens is 264 g/mol. The van der Waals surface area contributed by atoms with Crippen LogP contribution in [-0.2, 0) is 0 Å². The van der Waals surface area contributed by atoms with Gasteiger partial charge < -0.3 is 10.0 Å². The number of aliphatic hydroxyl groups is 1. The molecule has 3 rings (SSSR count). The van der Waals surface area contributed by atoms with E-state index in [0.29, 0.717) is 0 Å². The summed E-state index contributed by atoms with van der Waals surface area (Å²) in [6.45, 7) is 1.00. The van der Waals surface area contributed by atoms with Crippen LogP contribution in [0.5, 0.6) is 0 Å². The van der Waals surface area contributed by atoms with Crippen molar-refractivity contribution in [1.82, 2.24) is 9.88 Å². The lowest BCUT2D eigenvalue weighted by Crippen LogP contribution is -2.35. The second-order valence-corrected chi connectivity index (χ2v) is 5.54. The van der Waals surface area contributed by atoms with Gasteiger partial charge in [-0.3, -0.25) is 9.78 Å². The highest BCUT2D eigenvalue weighted by molar-refractivity contribution is 6.06. The fourth-order valence-electron chi connectivity index (χ4n) is 3.17. The van der Waals surface area contributed by atoms with Gasteiger partial charge in [-0.25, -0.2) is 0 Å². The molecule has 110 valence electrons. The van der Waals surface area contributed by atoms with Gasteiger partial charge in [-0.2, -0.15) is 0 Å². The van der Waals surface area contributed by atoms with Crippen LogP contribution in [0.15, 0.2) is 36.5 Å². The van der Waals surface area contributed by atoms with Crippen molar-refractivity contribution in [1.29, 1.82) is 0 Å². The number of benzene rings is 1. The van der Waals surface area contributed by atoms with Crippen LogP contribution < -0.4 is 0 Å². The second kappa shape index (κ2) is 6.22. The molecular formula is C17H20N2O2. The first-order valence-electron chi connectivity index (χ1n) is 7.57. The Balaban J connectivity index is 1.89. The van der Waals surface area contributed by atoms with Gasteiger partial charge in [0.15, 0.2) is 0 Å². The highest BCUT2D eigenvalue weighted by atomic mass is 16.3. The average Bonchev–Trinajstić information content (AvgIpc) is 3.00. The topological polar surface area (TPSA) is 53.4 Å². The molecule has 4 heteroatoms. The second-order valence-electron chi connectivity index (χ2n) is 5.54. The lowest BCUT2D eigenvalue weighted by Gasteiger charge is -2.25. The summed E-state index contributed by atoms with van der Waals surface area (Å²) in [6, 6.07) is 9.83. The maximum atomic E-state index is 12.9. The molecule has 0 aliphatic carbocycles. The number of fused-ring (bicyclic) bond motifs is 1. The van der Waals surface area contributed by atoms with Crippen molar-refractivity contribution in [2.75, 3.05) is 13.2 Å². The average molecular weight is 284 g/mol. The van der Waals surface area contributed by atoms with Crippen LogP contribution in [0, 0.1) is 0 Å². The van der Waals surface area contributed by atoms with Crippen LogP contribution in [0.2, 0.25) is 0 Å². The molecule has 0 bridgehead atoms. The summed E-state index contributed by atoms with van der Waals surface area (Å²) in [5, 5.41) is 9.91. The van der Waals surface area contributed by atoms with Gasteiger partial charge in [-0.05, 0) is 37.8 Å². The van der Waals surface area contributed by atoms with E-state index in [4.69, 9.17) is 5.11 Å². The lowest BCUT2D eigenvalue weighted by molar-refractivity contribution is 0.0726. The van der Waals surface area contributed by atoms with Crippen molar-refractivity contribution in [3.63, 3.8) is 0 Å². The maximum Gasteiger partial charge on any atom is 0.254 e. The fourth-order valence-corrected chi connectivity index (χ4v) is 3.17. The summed E-state index contributed by atoms with van der Waals surface area (Å²) in [6.07, 6.45) is 5.42. The molecule has 1 fully saturated rings. The third kappa shape index (κ3) is 2.76. The zero-order chi connectivity index (χ0) is 14.7. The molecule has 0 saturated carbocycles. The molecule has 1 saturated heterocycles. The van der Waals surface area contributed by atoms with E-state index in [1.165, 1.54) is 0 Å². The predicted molar refractivity (Wildman–Crippen MR) is 82.1 cm³/mol. The molecule has 1 aliphatic heterocycles. The number of likely N-dealkylation sites (tertiary alicyclic amines) is 1. The first-order valence-corrected chi connectivity index (χ1v) is 7.57. The molecule has 0 radical (unpaired) electrons. The maximum absolute atomic E-state index is 12.9. The number of aromatic nitrogens is 1. The predicted octanol–water partition coefficient (Wildman–Crippen LogP) is 2.61. The largest absolute Gasteiger partial charge is 0.396 e. The van der Waals surface area contributed by atoms with Gasteiger partial charge in [0.2, 0.25) is 0 Å². The Bertz CT molecular complexity index is 636. The molecule has 0 spiro atoms. The molecule has 2 aromatic rings. The Morgan fingerprint density at radius 2 is 2.19 bits per heavy atom. The minimum absolute atomic E-state index is 0.0917. The number of aliphatic hydroxyl groups excluding tert-OH is 1. The quantitative estimate of drug-likeness (QED) is 0.939. The normalized spacial score (nSPS) is 18.3. The molecule has 1 aliphatic rings. The third-order valence-corrected chi connectivity index (χ3v) is 4.21. The zero-order valence-corrected chi connectivity index (χ0v) is 12.0. The minimum Gasteiger partial charge on any atom is -0.396 e. The Morgan fingerprint density at radius 1 is 1.33 bits per heavy atom. The molecule has 2 heterocycles. The number of amides is 1. The van der Waals surface area contributed by atoms with E-state index in [9.17, 15) is 4.79 Å². The van der Waals surface area contributed by atoms with E-state index in [2.05, 4.69) is 4.98 Å². The lowest BCUT2D eigenvalue weighted by atomic mass is 10.1. The van der Waals surface area contributed by atoms with Gasteiger partial charge in [-0.15, -0.1) is 0 Å². The Kier molecular flexibility index (Phi) is 4.15. The summed E-state index contributed by atoms with van der Waals surface area (Å²) in [4.78, 5) is 19.2. The zero-order valence-electron chi connectivity index (χ0n) is 12.0. The van der Waals surface area contributed by atoms with E-state index < -0.39 is 0 Å².